The number of ether oxygens (including phenoxy) is 1. The maximum atomic E-state index is 13.1. The van der Waals surface area contributed by atoms with Crippen molar-refractivity contribution in [2.75, 3.05) is 20.2 Å². The second kappa shape index (κ2) is 8.30. The van der Waals surface area contributed by atoms with E-state index in [2.05, 4.69) is 40.0 Å². The van der Waals surface area contributed by atoms with Crippen molar-refractivity contribution in [3.63, 3.8) is 0 Å². The van der Waals surface area contributed by atoms with Gasteiger partial charge < -0.3 is 9.64 Å². The first-order valence-corrected chi connectivity index (χ1v) is 11.7. The lowest BCUT2D eigenvalue weighted by molar-refractivity contribution is -0.152. The maximum Gasteiger partial charge on any atom is 0.223 e. The number of aryl methyl sites for hydroxylation is 1. The Kier molecular flexibility index (Phi) is 5.51. The van der Waals surface area contributed by atoms with E-state index < -0.39 is 0 Å². The molecule has 3 saturated heterocycles. The van der Waals surface area contributed by atoms with Gasteiger partial charge in [0.1, 0.15) is 5.75 Å². The Balaban J connectivity index is 1.41. The molecule has 2 aromatic rings. The number of methoxy groups -OCH3 is 1. The number of rotatable bonds is 5. The molecule has 6 heteroatoms. The summed E-state index contributed by atoms with van der Waals surface area (Å²) in [6.45, 7) is 5.25. The fourth-order valence-electron chi connectivity index (χ4n) is 6.25. The van der Waals surface area contributed by atoms with Crippen LogP contribution in [0.5, 0.6) is 5.75 Å². The zero-order chi connectivity index (χ0) is 21.5. The van der Waals surface area contributed by atoms with Crippen molar-refractivity contribution in [2.45, 2.75) is 57.7 Å². The Labute approximate surface area is 185 Å². The third-order valence-electron chi connectivity index (χ3n) is 7.88. The number of carbonyl (C=O) groups is 1. The summed E-state index contributed by atoms with van der Waals surface area (Å²) in [5.41, 5.74) is 3.83. The van der Waals surface area contributed by atoms with Gasteiger partial charge in [-0.15, -0.1) is 0 Å². The normalized spacial score (nSPS) is 28.5. The number of likely N-dealkylation sites (tertiary alicyclic amines) is 1. The Hall–Kier alpha value is -2.34. The molecule has 5 rings (SSSR count). The first-order chi connectivity index (χ1) is 15.0. The molecule has 31 heavy (non-hydrogen) atoms. The predicted octanol–water partition coefficient (Wildman–Crippen LogP) is 3.18. The number of hydrogen-bond acceptors (Lipinski definition) is 4. The number of piperidine rings is 3. The smallest absolute Gasteiger partial charge is 0.223 e. The van der Waals surface area contributed by atoms with E-state index in [0.29, 0.717) is 30.2 Å². The van der Waals surface area contributed by atoms with E-state index >= 15 is 0 Å². The highest BCUT2D eigenvalue weighted by molar-refractivity contribution is 5.78. The van der Waals surface area contributed by atoms with Crippen LogP contribution in [0.4, 0.5) is 0 Å². The number of aromatic nitrogens is 2. The van der Waals surface area contributed by atoms with Crippen molar-refractivity contribution in [3.05, 3.63) is 47.3 Å². The molecule has 3 aliphatic heterocycles. The number of hydrogen-bond donors (Lipinski definition) is 0. The van der Waals surface area contributed by atoms with Gasteiger partial charge in [0.2, 0.25) is 5.91 Å². The van der Waals surface area contributed by atoms with Crippen LogP contribution in [0.3, 0.4) is 0 Å². The Morgan fingerprint density at radius 3 is 2.84 bits per heavy atom. The van der Waals surface area contributed by atoms with Crippen LogP contribution in [-0.4, -0.2) is 57.8 Å². The molecule has 0 spiro atoms. The molecular weight excluding hydrogens is 388 g/mol. The summed E-state index contributed by atoms with van der Waals surface area (Å²) in [4.78, 5) is 18.0. The van der Waals surface area contributed by atoms with E-state index in [9.17, 15) is 4.79 Å². The fourth-order valence-corrected chi connectivity index (χ4v) is 6.25. The molecule has 166 valence electrons. The number of fused-ring (bicyclic) bond motifs is 4. The highest BCUT2D eigenvalue weighted by atomic mass is 16.5. The summed E-state index contributed by atoms with van der Waals surface area (Å²) in [6.07, 6.45) is 7.07. The minimum absolute atomic E-state index is 0.277. The first-order valence-electron chi connectivity index (χ1n) is 11.7. The van der Waals surface area contributed by atoms with E-state index in [1.54, 1.807) is 7.11 Å². The van der Waals surface area contributed by atoms with Gasteiger partial charge in [0, 0.05) is 56.4 Å². The third-order valence-corrected chi connectivity index (χ3v) is 7.88. The maximum absolute atomic E-state index is 13.1. The van der Waals surface area contributed by atoms with Crippen LogP contribution in [0.15, 0.2) is 30.5 Å². The highest BCUT2D eigenvalue weighted by Crippen LogP contribution is 2.43. The van der Waals surface area contributed by atoms with Gasteiger partial charge in [0.25, 0.3) is 0 Å². The van der Waals surface area contributed by atoms with E-state index in [1.807, 2.05) is 24.0 Å². The second-order valence-corrected chi connectivity index (χ2v) is 9.71. The van der Waals surface area contributed by atoms with Crippen LogP contribution in [0.1, 0.15) is 42.5 Å². The lowest BCUT2D eigenvalue weighted by Gasteiger charge is -2.57. The predicted molar refractivity (Wildman–Crippen MR) is 120 cm³/mol. The number of carbonyl (C=O) groups excluding carboxylic acids is 1. The Bertz CT molecular complexity index is 955. The van der Waals surface area contributed by atoms with Gasteiger partial charge in [-0.3, -0.25) is 14.4 Å². The van der Waals surface area contributed by atoms with Crippen LogP contribution >= 0.6 is 0 Å². The van der Waals surface area contributed by atoms with Gasteiger partial charge in [0.15, 0.2) is 0 Å². The zero-order valence-electron chi connectivity index (χ0n) is 19.0. The van der Waals surface area contributed by atoms with E-state index in [0.717, 1.165) is 44.6 Å². The van der Waals surface area contributed by atoms with Crippen molar-refractivity contribution in [1.29, 1.82) is 0 Å². The molecule has 3 fully saturated rings. The molecule has 1 amide bonds. The summed E-state index contributed by atoms with van der Waals surface area (Å²) in [5.74, 6) is 2.36. The molecule has 3 aliphatic rings. The molecule has 0 N–H and O–H groups in total. The number of benzene rings is 1. The molecular formula is C25H34N4O2. The summed E-state index contributed by atoms with van der Waals surface area (Å²) in [6, 6.07) is 9.04. The van der Waals surface area contributed by atoms with Crippen LogP contribution in [0, 0.1) is 18.8 Å². The molecule has 0 aliphatic carbocycles. The van der Waals surface area contributed by atoms with Crippen LogP contribution in [0.2, 0.25) is 0 Å². The van der Waals surface area contributed by atoms with E-state index in [1.165, 1.54) is 23.2 Å². The summed E-state index contributed by atoms with van der Waals surface area (Å²) in [5, 5.41) is 4.44. The van der Waals surface area contributed by atoms with Gasteiger partial charge in [-0.25, -0.2) is 0 Å². The highest BCUT2D eigenvalue weighted by Gasteiger charge is 2.49. The fraction of sp³-hybridized carbons (Fsp3) is 0.600. The zero-order valence-corrected chi connectivity index (χ0v) is 19.0. The Morgan fingerprint density at radius 1 is 1.23 bits per heavy atom. The third kappa shape index (κ3) is 3.86. The van der Waals surface area contributed by atoms with Crippen molar-refractivity contribution in [2.24, 2.45) is 18.9 Å². The molecule has 1 aromatic carbocycles. The lowest BCUT2D eigenvalue weighted by Crippen LogP contribution is -2.65. The van der Waals surface area contributed by atoms with Gasteiger partial charge in [-0.1, -0.05) is 12.1 Å². The molecule has 0 unspecified atom stereocenters. The SMILES string of the molecule is COc1cccc(C[C@H]2[C@H]3C[C@H](CN(Cc4cnn(C)c4C)C3)[C@@H]3CCCC(=O)N32)c1. The summed E-state index contributed by atoms with van der Waals surface area (Å²) < 4.78 is 7.42. The first kappa shape index (κ1) is 20.6. The molecule has 0 radical (unpaired) electrons. The molecule has 6 nitrogen and oxygen atoms in total. The monoisotopic (exact) mass is 422 g/mol. The van der Waals surface area contributed by atoms with E-state index in [-0.39, 0.29) is 6.04 Å². The van der Waals surface area contributed by atoms with Crippen LogP contribution in [-0.2, 0) is 24.8 Å². The Morgan fingerprint density at radius 2 is 2.06 bits per heavy atom. The average molecular weight is 423 g/mol. The molecule has 1 aromatic heterocycles. The molecule has 0 saturated carbocycles. The average Bonchev–Trinajstić information content (AvgIpc) is 3.09. The summed E-state index contributed by atoms with van der Waals surface area (Å²) in [7, 11) is 3.73. The standard InChI is InChI=1S/C25H34N4O2/c1-17-21(13-26-27(17)2)16-28-14-19-12-20(15-28)24(29-23(19)8-5-9-25(29)30)11-18-6-4-7-22(10-18)31-3/h4,6-7,10,13,19-20,23-24H,5,8-9,11-12,14-16H2,1-3H3/t19-,20+,23+,24+/m1/s1. The minimum atomic E-state index is 0.277. The van der Waals surface area contributed by atoms with Crippen LogP contribution < -0.4 is 4.74 Å². The van der Waals surface area contributed by atoms with Crippen molar-refractivity contribution in [3.8, 4) is 5.75 Å². The number of amides is 1. The van der Waals surface area contributed by atoms with Crippen LogP contribution in [0.25, 0.3) is 0 Å². The minimum Gasteiger partial charge on any atom is -0.497 e. The molecule has 4 atom stereocenters. The molecule has 2 bridgehead atoms. The van der Waals surface area contributed by atoms with Gasteiger partial charge in [0.05, 0.1) is 13.3 Å². The number of nitrogens with zero attached hydrogens (tertiary/aromatic N) is 4. The molecule has 4 heterocycles. The topological polar surface area (TPSA) is 50.6 Å². The van der Waals surface area contributed by atoms with E-state index in [4.69, 9.17) is 4.74 Å². The van der Waals surface area contributed by atoms with Crippen molar-refractivity contribution in [1.82, 2.24) is 19.6 Å². The second-order valence-electron chi connectivity index (χ2n) is 9.71. The lowest BCUT2D eigenvalue weighted by atomic mass is 9.70. The quantitative estimate of drug-likeness (QED) is 0.743. The van der Waals surface area contributed by atoms with Gasteiger partial charge in [-0.2, -0.15) is 5.10 Å². The van der Waals surface area contributed by atoms with Crippen molar-refractivity contribution >= 4 is 5.91 Å². The van der Waals surface area contributed by atoms with Gasteiger partial charge in [-0.05, 0) is 62.1 Å². The van der Waals surface area contributed by atoms with Gasteiger partial charge >= 0.3 is 0 Å². The largest absolute Gasteiger partial charge is 0.497 e. The van der Waals surface area contributed by atoms with Crippen molar-refractivity contribution < 1.29 is 9.53 Å². The summed E-state index contributed by atoms with van der Waals surface area (Å²) >= 11 is 0.